The number of nitrogens with zero attached hydrogens (tertiary/aromatic N) is 3. The van der Waals surface area contributed by atoms with Crippen LogP contribution in [0.4, 0.5) is 5.69 Å². The lowest BCUT2D eigenvalue weighted by Gasteiger charge is -2.08. The summed E-state index contributed by atoms with van der Waals surface area (Å²) in [5.41, 5.74) is 3.04. The molecule has 0 saturated heterocycles. The lowest BCUT2D eigenvalue weighted by molar-refractivity contribution is 0.102. The Labute approximate surface area is 149 Å². The van der Waals surface area contributed by atoms with Crippen LogP contribution in [0.3, 0.4) is 0 Å². The van der Waals surface area contributed by atoms with Crippen LogP contribution in [0, 0.1) is 13.8 Å². The summed E-state index contributed by atoms with van der Waals surface area (Å²) in [6.45, 7) is 3.72. The molecule has 1 amide bonds. The van der Waals surface area contributed by atoms with Gasteiger partial charge >= 0.3 is 0 Å². The third-order valence-corrected chi connectivity index (χ3v) is 4.21. The number of hydrogen-bond acceptors (Lipinski definition) is 3. The van der Waals surface area contributed by atoms with E-state index in [4.69, 9.17) is 23.2 Å². The zero-order chi connectivity index (χ0) is 17.3. The van der Waals surface area contributed by atoms with Crippen LogP contribution in [0.15, 0.2) is 42.5 Å². The number of amides is 1. The third-order valence-electron chi connectivity index (χ3n) is 3.56. The fourth-order valence-corrected chi connectivity index (χ4v) is 2.68. The summed E-state index contributed by atoms with van der Waals surface area (Å²) in [7, 11) is 0. The number of aromatic nitrogens is 3. The van der Waals surface area contributed by atoms with Gasteiger partial charge in [0, 0.05) is 0 Å². The van der Waals surface area contributed by atoms with Crippen LogP contribution in [0.2, 0.25) is 10.0 Å². The highest BCUT2D eigenvalue weighted by Gasteiger charge is 2.19. The largest absolute Gasteiger partial charge is 0.319 e. The Bertz CT molecular complexity index is 921. The van der Waals surface area contributed by atoms with Crippen molar-refractivity contribution < 1.29 is 4.79 Å². The summed E-state index contributed by atoms with van der Waals surface area (Å²) in [5, 5.41) is 11.8. The van der Waals surface area contributed by atoms with Gasteiger partial charge in [-0.15, -0.1) is 5.10 Å². The number of benzene rings is 2. The van der Waals surface area contributed by atoms with Gasteiger partial charge in [0.1, 0.15) is 0 Å². The van der Waals surface area contributed by atoms with Crippen LogP contribution in [0.5, 0.6) is 0 Å². The maximum Gasteiger partial charge on any atom is 0.278 e. The minimum absolute atomic E-state index is 0.215. The van der Waals surface area contributed by atoms with E-state index in [1.54, 1.807) is 41.9 Å². The number of hydrogen-bond donors (Lipinski definition) is 1. The third kappa shape index (κ3) is 3.13. The van der Waals surface area contributed by atoms with Crippen LogP contribution < -0.4 is 5.32 Å². The molecular formula is C17H14Cl2N4O. The molecule has 0 aliphatic carbocycles. The lowest BCUT2D eigenvalue weighted by Crippen LogP contribution is -2.14. The molecule has 0 saturated carbocycles. The molecule has 2 aromatic carbocycles. The molecule has 0 radical (unpaired) electrons. The average molecular weight is 361 g/mol. The number of rotatable bonds is 3. The van der Waals surface area contributed by atoms with Gasteiger partial charge in [0.25, 0.3) is 5.91 Å². The maximum atomic E-state index is 12.5. The monoisotopic (exact) mass is 360 g/mol. The highest BCUT2D eigenvalue weighted by atomic mass is 35.5. The van der Waals surface area contributed by atoms with E-state index in [0.29, 0.717) is 27.1 Å². The number of anilines is 1. The van der Waals surface area contributed by atoms with Crippen molar-refractivity contribution in [3.8, 4) is 5.69 Å². The summed E-state index contributed by atoms with van der Waals surface area (Å²) in [6, 6.07) is 12.6. The Morgan fingerprint density at radius 1 is 1.08 bits per heavy atom. The molecule has 24 heavy (non-hydrogen) atoms. The molecule has 5 nitrogen and oxygen atoms in total. The smallest absolute Gasteiger partial charge is 0.278 e. The van der Waals surface area contributed by atoms with Crippen LogP contribution in [-0.4, -0.2) is 20.9 Å². The molecule has 3 rings (SSSR count). The van der Waals surface area contributed by atoms with Gasteiger partial charge in [-0.2, -0.15) is 0 Å². The first-order chi connectivity index (χ1) is 11.5. The average Bonchev–Trinajstić information content (AvgIpc) is 2.93. The van der Waals surface area contributed by atoms with E-state index in [0.717, 1.165) is 5.56 Å². The van der Waals surface area contributed by atoms with Gasteiger partial charge in [0.15, 0.2) is 5.69 Å². The zero-order valence-electron chi connectivity index (χ0n) is 13.0. The molecule has 0 aliphatic heterocycles. The van der Waals surface area contributed by atoms with Crippen molar-refractivity contribution in [3.63, 3.8) is 0 Å². The van der Waals surface area contributed by atoms with Crippen LogP contribution >= 0.6 is 23.2 Å². The standard InChI is InChI=1S/C17H14Cl2N4O/c1-10-7-8-13(19)15(9-10)23-11(2)16(21-22-23)17(24)20-14-6-4-3-5-12(14)18/h3-9H,1-2H3,(H,20,24). The SMILES string of the molecule is Cc1ccc(Cl)c(-n2nnc(C(=O)Nc3ccccc3Cl)c2C)c1. The van der Waals surface area contributed by atoms with E-state index in [2.05, 4.69) is 15.6 Å². The molecule has 0 atom stereocenters. The number of carbonyl (C=O) groups excluding carboxylic acids is 1. The van der Waals surface area contributed by atoms with Crippen LogP contribution in [-0.2, 0) is 0 Å². The van der Waals surface area contributed by atoms with Crippen LogP contribution in [0.1, 0.15) is 21.7 Å². The number of nitrogens with one attached hydrogen (secondary N) is 1. The van der Waals surface area contributed by atoms with Crippen molar-refractivity contribution in [2.45, 2.75) is 13.8 Å². The summed E-state index contributed by atoms with van der Waals surface area (Å²) in [6.07, 6.45) is 0. The molecule has 7 heteroatoms. The van der Waals surface area contributed by atoms with Gasteiger partial charge in [-0.1, -0.05) is 46.6 Å². The second-order valence-corrected chi connectivity index (χ2v) is 6.14. The van der Waals surface area contributed by atoms with Gasteiger partial charge in [0.2, 0.25) is 0 Å². The highest BCUT2D eigenvalue weighted by Crippen LogP contribution is 2.24. The second kappa shape index (κ2) is 6.63. The van der Waals surface area contributed by atoms with Crippen LogP contribution in [0.25, 0.3) is 5.69 Å². The predicted octanol–water partition coefficient (Wildman–Crippen LogP) is 4.44. The van der Waals surface area contributed by atoms with Crippen molar-refractivity contribution in [2.75, 3.05) is 5.32 Å². The molecule has 3 aromatic rings. The van der Waals surface area contributed by atoms with Crippen molar-refractivity contribution in [1.82, 2.24) is 15.0 Å². The van der Waals surface area contributed by atoms with Crippen molar-refractivity contribution >= 4 is 34.8 Å². The fraction of sp³-hybridized carbons (Fsp3) is 0.118. The topological polar surface area (TPSA) is 59.8 Å². The highest BCUT2D eigenvalue weighted by molar-refractivity contribution is 6.34. The quantitative estimate of drug-likeness (QED) is 0.750. The molecule has 1 N–H and O–H groups in total. The van der Waals surface area contributed by atoms with E-state index in [-0.39, 0.29) is 11.6 Å². The van der Waals surface area contributed by atoms with Gasteiger partial charge in [-0.25, -0.2) is 4.68 Å². The fourth-order valence-electron chi connectivity index (χ4n) is 2.30. The summed E-state index contributed by atoms with van der Waals surface area (Å²) >= 11 is 12.3. The van der Waals surface area contributed by atoms with Crippen molar-refractivity contribution in [2.24, 2.45) is 0 Å². The van der Waals surface area contributed by atoms with E-state index in [9.17, 15) is 4.79 Å². The first-order valence-corrected chi connectivity index (χ1v) is 7.97. The maximum absolute atomic E-state index is 12.5. The Hall–Kier alpha value is -2.37. The van der Waals surface area contributed by atoms with Gasteiger partial charge in [0.05, 0.1) is 27.1 Å². The number of carbonyl (C=O) groups is 1. The molecule has 0 fully saturated rings. The zero-order valence-corrected chi connectivity index (χ0v) is 14.6. The van der Waals surface area contributed by atoms with Gasteiger partial charge in [-0.05, 0) is 43.7 Å². The Balaban J connectivity index is 1.94. The van der Waals surface area contributed by atoms with E-state index >= 15 is 0 Å². The first kappa shape index (κ1) is 16.5. The second-order valence-electron chi connectivity index (χ2n) is 5.32. The van der Waals surface area contributed by atoms with Crippen molar-refractivity contribution in [3.05, 3.63) is 69.5 Å². The van der Waals surface area contributed by atoms with Gasteiger partial charge in [-0.3, -0.25) is 4.79 Å². The molecule has 1 aromatic heterocycles. The van der Waals surface area contributed by atoms with Gasteiger partial charge < -0.3 is 5.32 Å². The molecule has 122 valence electrons. The summed E-state index contributed by atoms with van der Waals surface area (Å²) in [4.78, 5) is 12.5. The molecular weight excluding hydrogens is 347 g/mol. The minimum Gasteiger partial charge on any atom is -0.319 e. The van der Waals surface area contributed by atoms with E-state index in [1.165, 1.54) is 0 Å². The number of halogens is 2. The summed E-state index contributed by atoms with van der Waals surface area (Å²) < 4.78 is 1.55. The Kier molecular flexibility index (Phi) is 4.55. The normalized spacial score (nSPS) is 10.7. The molecule has 0 unspecified atom stereocenters. The van der Waals surface area contributed by atoms with Crippen molar-refractivity contribution in [1.29, 1.82) is 0 Å². The molecule has 0 aliphatic rings. The number of aryl methyl sites for hydroxylation is 1. The molecule has 0 spiro atoms. The Morgan fingerprint density at radius 3 is 2.58 bits per heavy atom. The lowest BCUT2D eigenvalue weighted by atomic mass is 10.2. The van der Waals surface area contributed by atoms with E-state index < -0.39 is 0 Å². The molecule has 1 heterocycles. The number of para-hydroxylation sites is 1. The minimum atomic E-state index is -0.379. The predicted molar refractivity (Wildman–Crippen MR) is 95.2 cm³/mol. The first-order valence-electron chi connectivity index (χ1n) is 7.22. The van der Waals surface area contributed by atoms with E-state index in [1.807, 2.05) is 19.1 Å². The molecule has 0 bridgehead atoms. The Morgan fingerprint density at radius 2 is 1.83 bits per heavy atom. The summed E-state index contributed by atoms with van der Waals surface area (Å²) in [5.74, 6) is -0.379.